The molecule has 2 N–H and O–H groups in total. The molecule has 2 amide bonds. The molecule has 4 nitrogen and oxygen atoms in total. The fourth-order valence-corrected chi connectivity index (χ4v) is 2.30. The van der Waals surface area contributed by atoms with E-state index < -0.39 is 0 Å². The Balaban J connectivity index is 1.74. The molecule has 2 aromatic carbocycles. The van der Waals surface area contributed by atoms with Gasteiger partial charge in [-0.2, -0.15) is 0 Å². The molecule has 0 saturated carbocycles. The number of hydrogen-bond donors (Lipinski definition) is 2. The maximum atomic E-state index is 11.9. The third-order valence-electron chi connectivity index (χ3n) is 3.08. The zero-order valence-electron chi connectivity index (χ0n) is 12.3. The van der Waals surface area contributed by atoms with Crippen LogP contribution in [0.4, 0.5) is 5.69 Å². The lowest BCUT2D eigenvalue weighted by molar-refractivity contribution is -0.120. The molecule has 0 aliphatic heterocycles. The lowest BCUT2D eigenvalue weighted by Gasteiger charge is -2.08. The number of benzene rings is 2. The minimum Gasteiger partial charge on any atom is -0.355 e. The SMILES string of the molecule is O=C(Cc1ccccc1)NCCC(=O)Nc1cc(Cl)ccc1Cl. The second-order valence-electron chi connectivity index (χ2n) is 4.93. The van der Waals surface area contributed by atoms with Gasteiger partial charge in [-0.25, -0.2) is 0 Å². The van der Waals surface area contributed by atoms with Crippen molar-refractivity contribution in [3.05, 3.63) is 64.1 Å². The fourth-order valence-electron chi connectivity index (χ4n) is 1.97. The molecule has 120 valence electrons. The molecular weight excluding hydrogens is 335 g/mol. The third-order valence-corrected chi connectivity index (χ3v) is 3.65. The number of halogens is 2. The normalized spacial score (nSPS) is 10.2. The molecule has 23 heavy (non-hydrogen) atoms. The van der Waals surface area contributed by atoms with Crippen molar-refractivity contribution in [3.8, 4) is 0 Å². The Kier molecular flexibility index (Phi) is 6.44. The molecule has 0 fully saturated rings. The van der Waals surface area contributed by atoms with Crippen LogP contribution in [-0.4, -0.2) is 18.4 Å². The maximum Gasteiger partial charge on any atom is 0.226 e. The van der Waals surface area contributed by atoms with Crippen molar-refractivity contribution >= 4 is 40.7 Å². The summed E-state index contributed by atoms with van der Waals surface area (Å²) in [5, 5.41) is 6.28. The van der Waals surface area contributed by atoms with Crippen LogP contribution in [0.2, 0.25) is 10.0 Å². The Morgan fingerprint density at radius 2 is 1.70 bits per heavy atom. The number of amides is 2. The van der Waals surface area contributed by atoms with Gasteiger partial charge in [0.25, 0.3) is 0 Å². The van der Waals surface area contributed by atoms with Crippen molar-refractivity contribution in [3.63, 3.8) is 0 Å². The van der Waals surface area contributed by atoms with Gasteiger partial charge in [0.1, 0.15) is 0 Å². The summed E-state index contributed by atoms with van der Waals surface area (Å²) in [5.41, 5.74) is 1.39. The van der Waals surface area contributed by atoms with E-state index in [4.69, 9.17) is 23.2 Å². The quantitative estimate of drug-likeness (QED) is 0.834. The van der Waals surface area contributed by atoms with E-state index >= 15 is 0 Å². The first kappa shape index (κ1) is 17.3. The van der Waals surface area contributed by atoms with Crippen LogP contribution in [0.1, 0.15) is 12.0 Å². The van der Waals surface area contributed by atoms with Crippen LogP contribution >= 0.6 is 23.2 Å². The molecule has 0 unspecified atom stereocenters. The number of carbonyl (C=O) groups excluding carboxylic acids is 2. The van der Waals surface area contributed by atoms with Crippen LogP contribution in [0.15, 0.2) is 48.5 Å². The van der Waals surface area contributed by atoms with Crippen LogP contribution < -0.4 is 10.6 Å². The molecule has 0 heterocycles. The van der Waals surface area contributed by atoms with Crippen LogP contribution in [0.25, 0.3) is 0 Å². The Hall–Kier alpha value is -2.04. The van der Waals surface area contributed by atoms with Gasteiger partial charge in [0.05, 0.1) is 17.1 Å². The maximum absolute atomic E-state index is 11.9. The van der Waals surface area contributed by atoms with Crippen LogP contribution in [0.5, 0.6) is 0 Å². The highest BCUT2D eigenvalue weighted by molar-refractivity contribution is 6.35. The van der Waals surface area contributed by atoms with Gasteiger partial charge in [0.2, 0.25) is 11.8 Å². The molecule has 0 saturated heterocycles. The average Bonchev–Trinajstić information content (AvgIpc) is 2.52. The first-order chi connectivity index (χ1) is 11.0. The standard InChI is InChI=1S/C17H16Cl2N2O2/c18-13-6-7-14(19)15(11-13)21-16(22)8-9-20-17(23)10-12-4-2-1-3-5-12/h1-7,11H,8-10H2,(H,20,23)(H,21,22). The van der Waals surface area contributed by atoms with E-state index in [0.717, 1.165) is 5.56 Å². The number of hydrogen-bond acceptors (Lipinski definition) is 2. The molecule has 0 aliphatic carbocycles. The van der Waals surface area contributed by atoms with E-state index in [2.05, 4.69) is 10.6 Å². The van der Waals surface area contributed by atoms with Crippen molar-refractivity contribution < 1.29 is 9.59 Å². The summed E-state index contributed by atoms with van der Waals surface area (Å²) in [6.45, 7) is 0.260. The largest absolute Gasteiger partial charge is 0.355 e. The van der Waals surface area contributed by atoms with Gasteiger partial charge in [-0.05, 0) is 23.8 Å². The Labute approximate surface area is 144 Å². The Morgan fingerprint density at radius 3 is 2.43 bits per heavy atom. The van der Waals surface area contributed by atoms with E-state index in [-0.39, 0.29) is 24.8 Å². The smallest absolute Gasteiger partial charge is 0.226 e. The summed E-state index contributed by atoms with van der Waals surface area (Å²) in [7, 11) is 0. The molecule has 0 bridgehead atoms. The predicted octanol–water partition coefficient (Wildman–Crippen LogP) is 3.68. The zero-order chi connectivity index (χ0) is 16.7. The third kappa shape index (κ3) is 5.93. The lowest BCUT2D eigenvalue weighted by atomic mass is 10.1. The first-order valence-corrected chi connectivity index (χ1v) is 7.86. The molecule has 0 aromatic heterocycles. The molecule has 2 aromatic rings. The summed E-state index contributed by atoms with van der Waals surface area (Å²) in [4.78, 5) is 23.6. The highest BCUT2D eigenvalue weighted by Gasteiger charge is 2.08. The predicted molar refractivity (Wildman–Crippen MR) is 92.9 cm³/mol. The van der Waals surface area contributed by atoms with Gasteiger partial charge in [-0.1, -0.05) is 53.5 Å². The summed E-state index contributed by atoms with van der Waals surface area (Å²) < 4.78 is 0. The van der Waals surface area contributed by atoms with Crippen LogP contribution in [-0.2, 0) is 16.0 Å². The minimum absolute atomic E-state index is 0.121. The summed E-state index contributed by atoms with van der Waals surface area (Å²) in [5.74, 6) is -0.362. The number of anilines is 1. The fraction of sp³-hybridized carbons (Fsp3) is 0.176. The molecule has 0 atom stereocenters. The van der Waals surface area contributed by atoms with E-state index in [1.807, 2.05) is 30.3 Å². The lowest BCUT2D eigenvalue weighted by Crippen LogP contribution is -2.28. The minimum atomic E-state index is -0.242. The zero-order valence-corrected chi connectivity index (χ0v) is 13.8. The second-order valence-corrected chi connectivity index (χ2v) is 5.78. The number of rotatable bonds is 6. The van der Waals surface area contributed by atoms with Crippen LogP contribution in [0.3, 0.4) is 0 Å². The van der Waals surface area contributed by atoms with Crippen molar-refractivity contribution in [2.75, 3.05) is 11.9 Å². The van der Waals surface area contributed by atoms with Crippen LogP contribution in [0, 0.1) is 0 Å². The van der Waals surface area contributed by atoms with Crippen molar-refractivity contribution in [2.45, 2.75) is 12.8 Å². The van der Waals surface area contributed by atoms with E-state index in [9.17, 15) is 9.59 Å². The van der Waals surface area contributed by atoms with Gasteiger partial charge < -0.3 is 10.6 Å². The van der Waals surface area contributed by atoms with Crippen molar-refractivity contribution in [1.82, 2.24) is 5.32 Å². The summed E-state index contributed by atoms with van der Waals surface area (Å²) >= 11 is 11.8. The average molecular weight is 351 g/mol. The second kappa shape index (κ2) is 8.56. The number of carbonyl (C=O) groups is 2. The Bertz CT molecular complexity index is 690. The number of nitrogens with one attached hydrogen (secondary N) is 2. The molecule has 0 spiro atoms. The molecule has 0 radical (unpaired) electrons. The first-order valence-electron chi connectivity index (χ1n) is 7.10. The molecule has 6 heteroatoms. The van der Waals surface area contributed by atoms with E-state index in [0.29, 0.717) is 22.2 Å². The van der Waals surface area contributed by atoms with E-state index in [1.54, 1.807) is 18.2 Å². The van der Waals surface area contributed by atoms with Gasteiger partial charge in [0.15, 0.2) is 0 Å². The van der Waals surface area contributed by atoms with Gasteiger partial charge in [0, 0.05) is 18.0 Å². The summed E-state index contributed by atoms with van der Waals surface area (Å²) in [6, 6.07) is 14.3. The summed E-state index contributed by atoms with van der Waals surface area (Å²) in [6.07, 6.45) is 0.450. The van der Waals surface area contributed by atoms with Gasteiger partial charge >= 0.3 is 0 Å². The van der Waals surface area contributed by atoms with Gasteiger partial charge in [-0.15, -0.1) is 0 Å². The molecular formula is C17H16Cl2N2O2. The highest BCUT2D eigenvalue weighted by atomic mass is 35.5. The topological polar surface area (TPSA) is 58.2 Å². The van der Waals surface area contributed by atoms with E-state index in [1.165, 1.54) is 0 Å². The Morgan fingerprint density at radius 1 is 0.957 bits per heavy atom. The monoisotopic (exact) mass is 350 g/mol. The molecule has 0 aliphatic rings. The van der Waals surface area contributed by atoms with Gasteiger partial charge in [-0.3, -0.25) is 9.59 Å². The molecule has 2 rings (SSSR count). The van der Waals surface area contributed by atoms with Crippen molar-refractivity contribution in [2.24, 2.45) is 0 Å². The van der Waals surface area contributed by atoms with Crippen molar-refractivity contribution in [1.29, 1.82) is 0 Å². The highest BCUT2D eigenvalue weighted by Crippen LogP contribution is 2.25.